The quantitative estimate of drug-likeness (QED) is 0.453. The number of hydrogen-bond acceptors (Lipinski definition) is 6. The minimum Gasteiger partial charge on any atom is -0.385 e. The predicted molar refractivity (Wildman–Crippen MR) is 121 cm³/mol. The fourth-order valence-electron chi connectivity index (χ4n) is 3.36. The van der Waals surface area contributed by atoms with Crippen LogP contribution in [0.2, 0.25) is 0 Å². The fourth-order valence-corrected chi connectivity index (χ4v) is 3.36. The van der Waals surface area contributed by atoms with Gasteiger partial charge in [-0.3, -0.25) is 23.8 Å². The number of amides is 1. The molecule has 170 valence electrons. The van der Waals surface area contributed by atoms with Gasteiger partial charge in [-0.25, -0.2) is 4.79 Å². The Labute approximate surface area is 181 Å². The smallest absolute Gasteiger partial charge is 0.330 e. The zero-order valence-corrected chi connectivity index (χ0v) is 19.1. The number of nitrogens with one attached hydrogen (secondary N) is 1. The summed E-state index contributed by atoms with van der Waals surface area (Å²) in [5.74, 6) is -0.339. The molecule has 31 heavy (non-hydrogen) atoms. The van der Waals surface area contributed by atoms with Crippen LogP contribution in [0.15, 0.2) is 15.7 Å². The van der Waals surface area contributed by atoms with Crippen molar-refractivity contribution in [1.82, 2.24) is 19.3 Å². The highest BCUT2D eigenvalue weighted by molar-refractivity contribution is 6.05. The summed E-state index contributed by atoms with van der Waals surface area (Å²) in [7, 11) is 3.39. The Bertz CT molecular complexity index is 1080. The Morgan fingerprint density at radius 1 is 1.32 bits per heavy atom. The number of hydrogen-bond donors (Lipinski definition) is 2. The number of nitrogens with zero attached hydrogens (tertiary/aromatic N) is 4. The molecule has 0 saturated carbocycles. The SMILES string of the molecule is COCCCN(C(=O)C=Cc1c(C)nn(C)c1C)c1c(N)n(CC(C)C)c(=O)[nH]c1=O. The molecular weight excluding hydrogens is 400 g/mol. The lowest BCUT2D eigenvalue weighted by Gasteiger charge is -2.24. The summed E-state index contributed by atoms with van der Waals surface area (Å²) in [6, 6.07) is 0. The number of carbonyl (C=O) groups is 1. The molecule has 10 heteroatoms. The Kier molecular flexibility index (Phi) is 7.98. The van der Waals surface area contributed by atoms with Gasteiger partial charge in [0.25, 0.3) is 11.5 Å². The van der Waals surface area contributed by atoms with Crippen molar-refractivity contribution in [3.05, 3.63) is 43.9 Å². The lowest BCUT2D eigenvalue weighted by Crippen LogP contribution is -2.41. The van der Waals surface area contributed by atoms with E-state index in [0.29, 0.717) is 19.6 Å². The first-order valence-electron chi connectivity index (χ1n) is 10.2. The average molecular weight is 433 g/mol. The van der Waals surface area contributed by atoms with E-state index in [2.05, 4.69) is 10.1 Å². The minimum atomic E-state index is -0.699. The molecule has 2 heterocycles. The monoisotopic (exact) mass is 432 g/mol. The number of aryl methyl sites for hydroxylation is 2. The van der Waals surface area contributed by atoms with Gasteiger partial charge >= 0.3 is 5.69 Å². The first-order chi connectivity index (χ1) is 14.6. The van der Waals surface area contributed by atoms with Gasteiger partial charge in [-0.1, -0.05) is 13.8 Å². The van der Waals surface area contributed by atoms with Crippen LogP contribution in [0.4, 0.5) is 11.5 Å². The molecule has 0 saturated heterocycles. The van der Waals surface area contributed by atoms with Crippen molar-refractivity contribution in [1.29, 1.82) is 0 Å². The molecule has 10 nitrogen and oxygen atoms in total. The van der Waals surface area contributed by atoms with Crippen molar-refractivity contribution >= 4 is 23.5 Å². The second-order valence-corrected chi connectivity index (χ2v) is 7.88. The van der Waals surface area contributed by atoms with Crippen LogP contribution in [-0.2, 0) is 23.1 Å². The van der Waals surface area contributed by atoms with E-state index in [1.165, 1.54) is 15.5 Å². The first kappa shape index (κ1) is 24.1. The summed E-state index contributed by atoms with van der Waals surface area (Å²) >= 11 is 0. The average Bonchev–Trinajstić information content (AvgIpc) is 2.93. The van der Waals surface area contributed by atoms with E-state index in [-0.39, 0.29) is 24.0 Å². The molecule has 0 aliphatic carbocycles. The van der Waals surface area contributed by atoms with Crippen LogP contribution in [-0.4, -0.2) is 45.5 Å². The number of ether oxygens (including phenoxy) is 1. The second-order valence-electron chi connectivity index (χ2n) is 7.88. The number of methoxy groups -OCH3 is 1. The van der Waals surface area contributed by atoms with Crippen molar-refractivity contribution in [2.45, 2.75) is 40.7 Å². The summed E-state index contributed by atoms with van der Waals surface area (Å²) in [5, 5.41) is 4.34. The number of nitrogens with two attached hydrogens (primary N) is 1. The molecule has 2 aromatic rings. The van der Waals surface area contributed by atoms with Crippen molar-refractivity contribution in [3.63, 3.8) is 0 Å². The molecule has 3 N–H and O–H groups in total. The zero-order chi connectivity index (χ0) is 23.3. The van der Waals surface area contributed by atoms with E-state index < -0.39 is 17.2 Å². The Morgan fingerprint density at radius 3 is 2.55 bits per heavy atom. The van der Waals surface area contributed by atoms with Crippen molar-refractivity contribution < 1.29 is 9.53 Å². The Morgan fingerprint density at radius 2 is 2.00 bits per heavy atom. The molecule has 0 aromatic carbocycles. The lowest BCUT2D eigenvalue weighted by atomic mass is 10.2. The van der Waals surface area contributed by atoms with Crippen LogP contribution in [0, 0.1) is 19.8 Å². The van der Waals surface area contributed by atoms with E-state index in [0.717, 1.165) is 17.0 Å². The van der Waals surface area contributed by atoms with Crippen molar-refractivity contribution in [2.24, 2.45) is 13.0 Å². The zero-order valence-electron chi connectivity index (χ0n) is 19.1. The molecule has 0 unspecified atom stereocenters. The van der Waals surface area contributed by atoms with Crippen molar-refractivity contribution in [2.75, 3.05) is 30.9 Å². The first-order valence-corrected chi connectivity index (χ1v) is 10.2. The highest BCUT2D eigenvalue weighted by Crippen LogP contribution is 2.20. The van der Waals surface area contributed by atoms with Gasteiger partial charge in [0.15, 0.2) is 5.69 Å². The summed E-state index contributed by atoms with van der Waals surface area (Å²) in [4.78, 5) is 41.6. The van der Waals surface area contributed by atoms with E-state index in [1.54, 1.807) is 17.9 Å². The van der Waals surface area contributed by atoms with Crippen LogP contribution in [0.3, 0.4) is 0 Å². The Balaban J connectivity index is 2.51. The fraction of sp³-hybridized carbons (Fsp3) is 0.524. The molecule has 1 amide bonds. The maximum absolute atomic E-state index is 13.1. The maximum Gasteiger partial charge on any atom is 0.330 e. The number of aromatic amines is 1. The van der Waals surface area contributed by atoms with Gasteiger partial charge in [0.1, 0.15) is 5.82 Å². The van der Waals surface area contributed by atoms with Crippen LogP contribution in [0.5, 0.6) is 0 Å². The topological polar surface area (TPSA) is 128 Å². The van der Waals surface area contributed by atoms with Crippen LogP contribution in [0.25, 0.3) is 6.08 Å². The van der Waals surface area contributed by atoms with Gasteiger partial charge < -0.3 is 15.4 Å². The Hall–Kier alpha value is -3.14. The third-order valence-electron chi connectivity index (χ3n) is 4.99. The van der Waals surface area contributed by atoms with Crippen LogP contribution in [0.1, 0.15) is 37.2 Å². The van der Waals surface area contributed by atoms with E-state index >= 15 is 0 Å². The molecular formula is C21H32N6O4. The van der Waals surface area contributed by atoms with Gasteiger partial charge in [-0.2, -0.15) is 5.10 Å². The number of carbonyl (C=O) groups excluding carboxylic acids is 1. The lowest BCUT2D eigenvalue weighted by molar-refractivity contribution is -0.114. The third-order valence-corrected chi connectivity index (χ3v) is 4.99. The molecule has 2 rings (SSSR count). The maximum atomic E-state index is 13.1. The molecule has 0 aliphatic heterocycles. The van der Waals surface area contributed by atoms with E-state index in [1.807, 2.05) is 34.7 Å². The normalized spacial score (nSPS) is 11.6. The minimum absolute atomic E-state index is 0.0321. The van der Waals surface area contributed by atoms with Gasteiger partial charge in [-0.15, -0.1) is 0 Å². The molecule has 0 bridgehead atoms. The van der Waals surface area contributed by atoms with Gasteiger partial charge in [0.2, 0.25) is 0 Å². The number of rotatable bonds is 9. The summed E-state index contributed by atoms with van der Waals surface area (Å²) in [5.41, 5.74) is 7.42. The molecule has 2 aromatic heterocycles. The molecule has 0 spiro atoms. The summed E-state index contributed by atoms with van der Waals surface area (Å²) in [6.45, 7) is 8.55. The number of anilines is 2. The largest absolute Gasteiger partial charge is 0.385 e. The van der Waals surface area contributed by atoms with Gasteiger partial charge in [-0.05, 0) is 32.3 Å². The molecule has 0 aliphatic rings. The van der Waals surface area contributed by atoms with Gasteiger partial charge in [0.05, 0.1) is 5.69 Å². The highest BCUT2D eigenvalue weighted by Gasteiger charge is 2.23. The summed E-state index contributed by atoms with van der Waals surface area (Å²) < 4.78 is 8.11. The van der Waals surface area contributed by atoms with E-state index in [4.69, 9.17) is 10.5 Å². The van der Waals surface area contributed by atoms with Crippen LogP contribution < -0.4 is 21.9 Å². The third kappa shape index (κ3) is 5.52. The summed E-state index contributed by atoms with van der Waals surface area (Å²) in [6.07, 6.45) is 3.56. The van der Waals surface area contributed by atoms with Crippen molar-refractivity contribution in [3.8, 4) is 0 Å². The highest BCUT2D eigenvalue weighted by atomic mass is 16.5. The number of aromatic nitrogens is 4. The second kappa shape index (κ2) is 10.3. The van der Waals surface area contributed by atoms with E-state index in [9.17, 15) is 14.4 Å². The molecule has 0 radical (unpaired) electrons. The molecule has 0 fully saturated rings. The molecule has 0 atom stereocenters. The standard InChI is InChI=1S/C21H32N6O4/c1-13(2)12-27-19(22)18(20(29)23-21(27)30)26(10-7-11-31-6)17(28)9-8-16-14(3)24-25(5)15(16)4/h8-9,13H,7,10-12,22H2,1-6H3,(H,23,29,30). The van der Waals surface area contributed by atoms with Gasteiger partial charge in [0, 0.05) is 51.2 Å². The number of nitrogen functional groups attached to an aromatic ring is 1. The number of H-pyrrole nitrogens is 1. The van der Waals surface area contributed by atoms with Crippen LogP contribution >= 0.6 is 0 Å². The predicted octanol–water partition coefficient (Wildman–Crippen LogP) is 1.21.